The number of hydrogen-bond donors (Lipinski definition) is 0. The van der Waals surface area contributed by atoms with Crippen LogP contribution in [0.15, 0.2) is 48.8 Å². The third-order valence-corrected chi connectivity index (χ3v) is 4.05. The van der Waals surface area contributed by atoms with E-state index in [4.69, 9.17) is 4.11 Å². The van der Waals surface area contributed by atoms with Gasteiger partial charge in [0.15, 0.2) is 11.2 Å². The van der Waals surface area contributed by atoms with Gasteiger partial charge in [-0.05, 0) is 12.1 Å². The minimum absolute atomic E-state index is 0.673. The molecule has 1 aliphatic heterocycles. The zero-order chi connectivity index (χ0) is 15.8. The molecule has 0 spiro atoms. The fraction of sp³-hybridized carbons (Fsp3) is 0.125. The van der Waals surface area contributed by atoms with Crippen LogP contribution in [0.2, 0.25) is 0 Å². The molecule has 0 fully saturated rings. The van der Waals surface area contributed by atoms with Gasteiger partial charge in [-0.15, -0.1) is 0 Å². The predicted octanol–water partition coefficient (Wildman–Crippen LogP) is 2.14. The van der Waals surface area contributed by atoms with Gasteiger partial charge < -0.3 is 0 Å². The summed E-state index contributed by atoms with van der Waals surface area (Å²) in [6, 6.07) is 11.7. The normalized spacial score (nSPS) is 15.9. The SMILES string of the molecule is [2H]C([2H])([2H])n1c2[n+](c3c1cc1ncccn13)Cc1ccccc1-2. The molecular formula is C16H13N4+. The Balaban J connectivity index is 2.01. The molecule has 4 aromatic rings. The van der Waals surface area contributed by atoms with Crippen molar-refractivity contribution in [2.45, 2.75) is 6.54 Å². The molecule has 0 radical (unpaired) electrons. The molecule has 0 saturated heterocycles. The van der Waals surface area contributed by atoms with E-state index in [0.717, 1.165) is 28.2 Å². The summed E-state index contributed by atoms with van der Waals surface area (Å²) in [6.07, 6.45) is 3.64. The number of rotatable bonds is 0. The third-order valence-electron chi connectivity index (χ3n) is 4.05. The highest BCUT2D eigenvalue weighted by Gasteiger charge is 2.32. The second-order valence-electron chi connectivity index (χ2n) is 5.10. The highest BCUT2D eigenvalue weighted by atomic mass is 15.2. The van der Waals surface area contributed by atoms with E-state index < -0.39 is 6.98 Å². The fourth-order valence-corrected chi connectivity index (χ4v) is 3.21. The van der Waals surface area contributed by atoms with Gasteiger partial charge in [-0.2, -0.15) is 0 Å². The van der Waals surface area contributed by atoms with Crippen molar-refractivity contribution in [2.24, 2.45) is 6.98 Å². The Bertz CT molecular complexity index is 1090. The highest BCUT2D eigenvalue weighted by molar-refractivity contribution is 5.81. The van der Waals surface area contributed by atoms with Crippen LogP contribution < -0.4 is 4.57 Å². The molecule has 4 heterocycles. The Labute approximate surface area is 119 Å². The van der Waals surface area contributed by atoms with Crippen LogP contribution in [-0.2, 0) is 13.5 Å². The Kier molecular flexibility index (Phi) is 1.29. The summed E-state index contributed by atoms with van der Waals surface area (Å²) in [6.45, 7) is -1.58. The number of nitrogens with zero attached hydrogens (tertiary/aromatic N) is 4. The molecule has 0 saturated carbocycles. The van der Waals surface area contributed by atoms with Crippen LogP contribution in [0.25, 0.3) is 28.2 Å². The van der Waals surface area contributed by atoms with Crippen molar-refractivity contribution >= 4 is 16.8 Å². The van der Waals surface area contributed by atoms with Crippen molar-refractivity contribution in [2.75, 3.05) is 0 Å². The first-order valence-corrected chi connectivity index (χ1v) is 6.55. The number of imidazole rings is 1. The van der Waals surface area contributed by atoms with Crippen LogP contribution in [0.4, 0.5) is 0 Å². The molecular weight excluding hydrogens is 248 g/mol. The predicted molar refractivity (Wildman–Crippen MR) is 76.4 cm³/mol. The van der Waals surface area contributed by atoms with Crippen LogP contribution in [0.5, 0.6) is 0 Å². The second-order valence-corrected chi connectivity index (χ2v) is 5.10. The Morgan fingerprint density at radius 2 is 2.25 bits per heavy atom. The molecule has 20 heavy (non-hydrogen) atoms. The number of aromatic nitrogens is 4. The van der Waals surface area contributed by atoms with Gasteiger partial charge >= 0.3 is 0 Å². The minimum Gasteiger partial charge on any atom is -0.256 e. The van der Waals surface area contributed by atoms with E-state index >= 15 is 0 Å². The number of aryl methyl sites for hydroxylation is 1. The molecule has 4 heteroatoms. The lowest BCUT2D eigenvalue weighted by Gasteiger charge is -1.96. The van der Waals surface area contributed by atoms with E-state index in [9.17, 15) is 0 Å². The summed E-state index contributed by atoms with van der Waals surface area (Å²) in [5.74, 6) is 0.740. The molecule has 4 nitrogen and oxygen atoms in total. The quantitative estimate of drug-likeness (QED) is 0.394. The monoisotopic (exact) mass is 264 g/mol. The van der Waals surface area contributed by atoms with E-state index in [1.807, 2.05) is 47.0 Å². The zero-order valence-corrected chi connectivity index (χ0v) is 10.6. The van der Waals surface area contributed by atoms with Crippen LogP contribution in [-0.4, -0.2) is 14.0 Å². The lowest BCUT2D eigenvalue weighted by Crippen LogP contribution is -2.32. The first-order chi connectivity index (χ1) is 11.1. The molecule has 5 rings (SSSR count). The van der Waals surface area contributed by atoms with Crippen molar-refractivity contribution in [1.82, 2.24) is 14.0 Å². The second kappa shape index (κ2) is 3.28. The molecule has 96 valence electrons. The van der Waals surface area contributed by atoms with E-state index in [2.05, 4.69) is 9.55 Å². The van der Waals surface area contributed by atoms with Crippen LogP contribution in [0.3, 0.4) is 0 Å². The van der Waals surface area contributed by atoms with E-state index in [1.54, 1.807) is 6.20 Å². The molecule has 1 aliphatic rings. The molecule has 3 aromatic heterocycles. The summed E-state index contributed by atoms with van der Waals surface area (Å²) in [5, 5.41) is 0. The Morgan fingerprint density at radius 1 is 1.30 bits per heavy atom. The van der Waals surface area contributed by atoms with Gasteiger partial charge in [0.2, 0.25) is 5.82 Å². The van der Waals surface area contributed by atoms with Gasteiger partial charge in [-0.3, -0.25) is 4.57 Å². The fourth-order valence-electron chi connectivity index (χ4n) is 3.21. The molecule has 0 unspecified atom stereocenters. The average molecular weight is 264 g/mol. The molecule has 0 N–H and O–H groups in total. The van der Waals surface area contributed by atoms with Gasteiger partial charge in [0, 0.05) is 17.8 Å². The Hall–Kier alpha value is -2.62. The average Bonchev–Trinajstić information content (AvgIpc) is 3.12. The smallest absolute Gasteiger partial charge is 0.256 e. The lowest BCUT2D eigenvalue weighted by molar-refractivity contribution is -0.648. The van der Waals surface area contributed by atoms with Gasteiger partial charge in [0.25, 0.3) is 5.65 Å². The van der Waals surface area contributed by atoms with Crippen molar-refractivity contribution in [1.29, 1.82) is 0 Å². The Morgan fingerprint density at radius 3 is 3.20 bits per heavy atom. The topological polar surface area (TPSA) is 26.1 Å². The van der Waals surface area contributed by atoms with E-state index in [0.29, 0.717) is 12.1 Å². The summed E-state index contributed by atoms with van der Waals surface area (Å²) < 4.78 is 29.5. The zero-order valence-electron chi connectivity index (χ0n) is 13.6. The summed E-state index contributed by atoms with van der Waals surface area (Å²) >= 11 is 0. The van der Waals surface area contributed by atoms with Gasteiger partial charge in [0.1, 0.15) is 0 Å². The number of benzene rings is 1. The largest absolute Gasteiger partial charge is 0.275 e. The number of fused-ring (bicyclic) bond motifs is 7. The van der Waals surface area contributed by atoms with Crippen molar-refractivity contribution in [3.05, 3.63) is 54.4 Å². The van der Waals surface area contributed by atoms with Gasteiger partial charge in [0.05, 0.1) is 29.4 Å². The van der Waals surface area contributed by atoms with E-state index in [1.165, 1.54) is 4.57 Å². The first-order valence-electron chi connectivity index (χ1n) is 8.05. The molecule has 0 aliphatic carbocycles. The summed E-state index contributed by atoms with van der Waals surface area (Å²) in [7, 11) is 0. The van der Waals surface area contributed by atoms with Crippen molar-refractivity contribution < 1.29 is 8.68 Å². The van der Waals surface area contributed by atoms with Crippen molar-refractivity contribution in [3.8, 4) is 11.4 Å². The van der Waals surface area contributed by atoms with Gasteiger partial charge in [-0.1, -0.05) is 18.2 Å². The van der Waals surface area contributed by atoms with Crippen molar-refractivity contribution in [3.63, 3.8) is 0 Å². The maximum atomic E-state index is 8.01. The summed E-state index contributed by atoms with van der Waals surface area (Å²) in [4.78, 5) is 4.34. The number of hydrogen-bond acceptors (Lipinski definition) is 1. The molecule has 0 bridgehead atoms. The van der Waals surface area contributed by atoms with E-state index in [-0.39, 0.29) is 0 Å². The third kappa shape index (κ3) is 1.04. The van der Waals surface area contributed by atoms with Gasteiger partial charge in [-0.25, -0.2) is 14.0 Å². The lowest BCUT2D eigenvalue weighted by atomic mass is 10.1. The standard InChI is InChI=1S/C16H13N4/c1-18-13-9-14-17-7-4-8-19(14)16(13)20-10-11-5-2-3-6-12(11)15(18)20/h2-9H,10H2,1H3/q+1/i1D3. The molecule has 0 atom stereocenters. The van der Waals surface area contributed by atoms with Crippen LogP contribution in [0, 0.1) is 0 Å². The maximum absolute atomic E-state index is 8.01. The maximum Gasteiger partial charge on any atom is 0.275 e. The first kappa shape index (κ1) is 7.85. The van der Waals surface area contributed by atoms with Crippen LogP contribution in [0.1, 0.15) is 9.68 Å². The summed E-state index contributed by atoms with van der Waals surface area (Å²) in [5.41, 5.74) is 4.43. The highest BCUT2D eigenvalue weighted by Crippen LogP contribution is 2.31. The van der Waals surface area contributed by atoms with Crippen LogP contribution >= 0.6 is 0 Å². The molecule has 1 aromatic carbocycles. The minimum atomic E-state index is -2.25. The molecule has 0 amide bonds.